The van der Waals surface area contributed by atoms with Crippen LogP contribution in [-0.4, -0.2) is 57.5 Å². The van der Waals surface area contributed by atoms with Gasteiger partial charge >= 0.3 is 0 Å². The highest BCUT2D eigenvalue weighted by Gasteiger charge is 2.23. The van der Waals surface area contributed by atoms with Crippen molar-refractivity contribution in [2.45, 2.75) is 17.1 Å². The average Bonchev–Trinajstić information content (AvgIpc) is 3.19. The number of nitrogens with zero attached hydrogens (tertiary/aromatic N) is 3. The lowest BCUT2D eigenvalue weighted by Crippen LogP contribution is -2.35. The van der Waals surface area contributed by atoms with Crippen LogP contribution >= 0.6 is 0 Å². The molecule has 1 aliphatic heterocycles. The molecule has 1 amide bonds. The highest BCUT2D eigenvalue weighted by molar-refractivity contribution is 7.90. The Labute approximate surface area is 217 Å². The molecular weight excluding hydrogens is 486 g/mol. The molecule has 3 aromatic carbocycles. The molecule has 4 aromatic rings. The van der Waals surface area contributed by atoms with Crippen LogP contribution in [0.2, 0.25) is 0 Å². The second kappa shape index (κ2) is 10.6. The fraction of sp³-hybridized carbons (Fsp3) is 0.241. The molecule has 0 N–H and O–H groups in total. The lowest BCUT2D eigenvalue weighted by Gasteiger charge is -2.25. The van der Waals surface area contributed by atoms with Crippen LogP contribution in [0, 0.1) is 0 Å². The third kappa shape index (κ3) is 5.29. The topological polar surface area (TPSA) is 79.8 Å². The van der Waals surface area contributed by atoms with Crippen LogP contribution in [0.5, 0.6) is 5.75 Å². The molecule has 8 heteroatoms. The molecule has 190 valence electrons. The highest BCUT2D eigenvalue weighted by Crippen LogP contribution is 2.29. The van der Waals surface area contributed by atoms with Crippen molar-refractivity contribution in [3.63, 3.8) is 0 Å². The SMILES string of the molecule is COc1ccccc1N1CCCN(C(=O)c2ccc(CS(=O)(=O)c3cccc4cccnc34)cc2)CC1. The number of carbonyl (C=O) groups excluding carboxylic acids is 1. The standard InChI is InChI=1S/C29H29N3O4S/c1-36-26-10-3-2-9-25(26)31-17-6-18-32(20-19-31)29(33)24-14-12-22(13-15-24)21-37(34,35)27-11-4-7-23-8-5-16-30-28(23)27/h2-5,7-16H,6,17-21H2,1H3. The van der Waals surface area contributed by atoms with Crippen LogP contribution in [-0.2, 0) is 15.6 Å². The van der Waals surface area contributed by atoms with Gasteiger partial charge < -0.3 is 14.5 Å². The second-order valence-electron chi connectivity index (χ2n) is 9.09. The Bertz CT molecular complexity index is 1510. The summed E-state index contributed by atoms with van der Waals surface area (Å²) in [4.78, 5) is 21.9. The van der Waals surface area contributed by atoms with E-state index >= 15 is 0 Å². The largest absolute Gasteiger partial charge is 0.495 e. The van der Waals surface area contributed by atoms with Crippen molar-refractivity contribution in [1.82, 2.24) is 9.88 Å². The first-order valence-corrected chi connectivity index (χ1v) is 13.9. The molecule has 5 rings (SSSR count). The van der Waals surface area contributed by atoms with Crippen molar-refractivity contribution in [3.05, 3.63) is 96.2 Å². The Morgan fingerprint density at radius 1 is 0.892 bits per heavy atom. The summed E-state index contributed by atoms with van der Waals surface area (Å²) in [5.41, 5.74) is 2.69. The molecule has 0 aliphatic carbocycles. The number of amides is 1. The number of methoxy groups -OCH3 is 1. The Hall–Kier alpha value is -3.91. The average molecular weight is 516 g/mol. The molecule has 0 bridgehead atoms. The van der Waals surface area contributed by atoms with Crippen LogP contribution in [0.25, 0.3) is 10.9 Å². The molecule has 1 fully saturated rings. The maximum atomic E-state index is 13.2. The van der Waals surface area contributed by atoms with E-state index in [0.29, 0.717) is 36.3 Å². The zero-order valence-electron chi connectivity index (χ0n) is 20.7. The van der Waals surface area contributed by atoms with Crippen molar-refractivity contribution in [3.8, 4) is 5.75 Å². The quantitative estimate of drug-likeness (QED) is 0.374. The number of rotatable bonds is 6. The van der Waals surface area contributed by atoms with Crippen molar-refractivity contribution in [2.24, 2.45) is 0 Å². The van der Waals surface area contributed by atoms with E-state index in [2.05, 4.69) is 9.88 Å². The fourth-order valence-corrected chi connectivity index (χ4v) is 6.34. The molecule has 1 aromatic heterocycles. The number of ether oxygens (including phenoxy) is 1. The van der Waals surface area contributed by atoms with Gasteiger partial charge in [-0.05, 0) is 48.4 Å². The van der Waals surface area contributed by atoms with Gasteiger partial charge in [0.25, 0.3) is 5.91 Å². The van der Waals surface area contributed by atoms with Gasteiger partial charge in [0.2, 0.25) is 0 Å². The Balaban J connectivity index is 1.27. The number of hydrogen-bond donors (Lipinski definition) is 0. The van der Waals surface area contributed by atoms with E-state index in [1.165, 1.54) is 0 Å². The van der Waals surface area contributed by atoms with Gasteiger partial charge in [0.05, 0.1) is 29.0 Å². The van der Waals surface area contributed by atoms with Gasteiger partial charge in [0, 0.05) is 43.3 Å². The van der Waals surface area contributed by atoms with E-state index < -0.39 is 9.84 Å². The summed E-state index contributed by atoms with van der Waals surface area (Å²) in [6.07, 6.45) is 2.44. The summed E-state index contributed by atoms with van der Waals surface area (Å²) < 4.78 is 31.9. The van der Waals surface area contributed by atoms with Gasteiger partial charge in [0.1, 0.15) is 5.75 Å². The summed E-state index contributed by atoms with van der Waals surface area (Å²) in [5.74, 6) is 0.621. The third-order valence-electron chi connectivity index (χ3n) is 6.70. The Morgan fingerprint density at radius 3 is 2.49 bits per heavy atom. The zero-order valence-corrected chi connectivity index (χ0v) is 21.5. The number of para-hydroxylation sites is 3. The third-order valence-corrected chi connectivity index (χ3v) is 8.41. The maximum Gasteiger partial charge on any atom is 0.253 e. The van der Waals surface area contributed by atoms with E-state index in [1.54, 1.807) is 55.8 Å². The minimum absolute atomic E-state index is 0.0467. The van der Waals surface area contributed by atoms with Crippen LogP contribution < -0.4 is 9.64 Å². The molecule has 2 heterocycles. The summed E-state index contributed by atoms with van der Waals surface area (Å²) >= 11 is 0. The molecule has 7 nitrogen and oxygen atoms in total. The van der Waals surface area contributed by atoms with E-state index in [1.807, 2.05) is 41.3 Å². The number of hydrogen-bond acceptors (Lipinski definition) is 6. The number of anilines is 1. The van der Waals surface area contributed by atoms with Crippen molar-refractivity contribution < 1.29 is 17.9 Å². The first kappa shape index (κ1) is 24.8. The van der Waals surface area contributed by atoms with Gasteiger partial charge in [-0.25, -0.2) is 8.42 Å². The van der Waals surface area contributed by atoms with Gasteiger partial charge in [-0.15, -0.1) is 0 Å². The normalized spacial score (nSPS) is 14.4. The van der Waals surface area contributed by atoms with Crippen molar-refractivity contribution in [2.75, 3.05) is 38.2 Å². The number of fused-ring (bicyclic) bond motifs is 1. The van der Waals surface area contributed by atoms with Crippen molar-refractivity contribution in [1.29, 1.82) is 0 Å². The van der Waals surface area contributed by atoms with Crippen LogP contribution in [0.1, 0.15) is 22.3 Å². The van der Waals surface area contributed by atoms with Crippen LogP contribution in [0.4, 0.5) is 5.69 Å². The fourth-order valence-electron chi connectivity index (χ4n) is 4.80. The van der Waals surface area contributed by atoms with Crippen molar-refractivity contribution >= 4 is 32.3 Å². The Morgan fingerprint density at radius 2 is 1.68 bits per heavy atom. The zero-order chi connectivity index (χ0) is 25.8. The van der Waals surface area contributed by atoms with E-state index in [-0.39, 0.29) is 16.6 Å². The molecule has 37 heavy (non-hydrogen) atoms. The number of pyridine rings is 1. The summed E-state index contributed by atoms with van der Waals surface area (Å²) in [6, 6.07) is 23.6. The summed E-state index contributed by atoms with van der Waals surface area (Å²) in [7, 11) is -1.94. The molecular formula is C29H29N3O4S. The van der Waals surface area contributed by atoms with E-state index in [4.69, 9.17) is 4.74 Å². The molecule has 0 atom stereocenters. The van der Waals surface area contributed by atoms with Gasteiger partial charge in [-0.3, -0.25) is 9.78 Å². The minimum atomic E-state index is -3.61. The van der Waals surface area contributed by atoms with Crippen LogP contribution in [0.3, 0.4) is 0 Å². The highest BCUT2D eigenvalue weighted by atomic mass is 32.2. The smallest absolute Gasteiger partial charge is 0.253 e. The number of benzene rings is 3. The van der Waals surface area contributed by atoms with Gasteiger partial charge in [-0.2, -0.15) is 0 Å². The van der Waals surface area contributed by atoms with Gasteiger partial charge in [0.15, 0.2) is 9.84 Å². The second-order valence-corrected chi connectivity index (χ2v) is 11.0. The molecule has 0 radical (unpaired) electrons. The molecule has 0 unspecified atom stereocenters. The molecule has 0 saturated carbocycles. The van der Waals surface area contributed by atoms with Gasteiger partial charge in [-0.1, -0.05) is 42.5 Å². The first-order valence-electron chi connectivity index (χ1n) is 12.3. The monoisotopic (exact) mass is 515 g/mol. The maximum absolute atomic E-state index is 13.2. The van der Waals surface area contributed by atoms with E-state index in [0.717, 1.165) is 29.8 Å². The summed E-state index contributed by atoms with van der Waals surface area (Å²) in [6.45, 7) is 2.81. The Kier molecular flexibility index (Phi) is 7.10. The first-order chi connectivity index (χ1) is 18.0. The molecule has 0 spiro atoms. The lowest BCUT2D eigenvalue weighted by atomic mass is 10.1. The summed E-state index contributed by atoms with van der Waals surface area (Å²) in [5, 5.41) is 0.784. The predicted octanol–water partition coefficient (Wildman–Crippen LogP) is 4.57. The minimum Gasteiger partial charge on any atom is -0.495 e. The number of sulfone groups is 1. The molecule has 1 aliphatic rings. The number of carbonyl (C=O) groups is 1. The van der Waals surface area contributed by atoms with Crippen LogP contribution in [0.15, 0.2) is 90.0 Å². The lowest BCUT2D eigenvalue weighted by molar-refractivity contribution is 0.0767. The number of aromatic nitrogens is 1. The molecule has 1 saturated heterocycles. The predicted molar refractivity (Wildman–Crippen MR) is 145 cm³/mol. The van der Waals surface area contributed by atoms with E-state index in [9.17, 15) is 13.2 Å².